The molecule has 0 bridgehead atoms. The predicted octanol–water partition coefficient (Wildman–Crippen LogP) is 3.26. The van der Waals surface area contributed by atoms with Gasteiger partial charge < -0.3 is 20.3 Å². The number of nitrogens with zero attached hydrogens (tertiary/aromatic N) is 1. The van der Waals surface area contributed by atoms with Crippen molar-refractivity contribution in [2.45, 2.75) is 52.1 Å². The van der Waals surface area contributed by atoms with Crippen LogP contribution in [0.1, 0.15) is 45.6 Å². The predicted molar refractivity (Wildman–Crippen MR) is 119 cm³/mol. The zero-order chi connectivity index (χ0) is 22.1. The molecule has 1 heterocycles. The maximum absolute atomic E-state index is 12.5. The third-order valence-electron chi connectivity index (χ3n) is 4.91. The second-order valence-electron chi connectivity index (χ2n) is 8.58. The Hall–Kier alpha value is -2.09. The van der Waals surface area contributed by atoms with Gasteiger partial charge in [-0.15, -0.1) is 0 Å². The summed E-state index contributed by atoms with van der Waals surface area (Å²) < 4.78 is 6.14. The fourth-order valence-electron chi connectivity index (χ4n) is 3.27. The van der Waals surface area contributed by atoms with E-state index in [9.17, 15) is 14.4 Å². The van der Waals surface area contributed by atoms with E-state index in [1.165, 1.54) is 0 Å². The van der Waals surface area contributed by atoms with E-state index >= 15 is 0 Å². The molecule has 0 aromatic heterocycles. The van der Waals surface area contributed by atoms with Crippen molar-refractivity contribution in [3.63, 3.8) is 0 Å². The third-order valence-corrected chi connectivity index (χ3v) is 5.69. The Balaban J connectivity index is 1.62. The van der Waals surface area contributed by atoms with E-state index in [-0.39, 0.29) is 18.4 Å². The first-order chi connectivity index (χ1) is 14.1. The van der Waals surface area contributed by atoms with Crippen LogP contribution in [0.3, 0.4) is 0 Å². The average Bonchev–Trinajstić information content (AvgIpc) is 2.69. The largest absolute Gasteiger partial charge is 0.444 e. The zero-order valence-electron chi connectivity index (χ0n) is 18.0. The van der Waals surface area contributed by atoms with Gasteiger partial charge in [-0.2, -0.15) is 0 Å². The van der Waals surface area contributed by atoms with Gasteiger partial charge in [-0.05, 0) is 57.6 Å². The molecule has 2 rings (SSSR count). The fraction of sp³-hybridized carbons (Fsp3) is 0.591. The van der Waals surface area contributed by atoms with E-state index in [4.69, 9.17) is 4.74 Å². The molecule has 3 amide bonds. The Bertz CT molecular complexity index is 740. The lowest BCUT2D eigenvalue weighted by Gasteiger charge is -2.32. The molecule has 0 spiro atoms. The van der Waals surface area contributed by atoms with E-state index in [1.54, 1.807) is 20.8 Å². The number of alkyl carbamates (subject to hydrolysis) is 1. The molecular weight excluding hydrogens is 450 g/mol. The Morgan fingerprint density at radius 3 is 2.43 bits per heavy atom. The number of benzene rings is 1. The molecule has 0 radical (unpaired) electrons. The molecule has 0 atom stereocenters. The van der Waals surface area contributed by atoms with Gasteiger partial charge in [-0.3, -0.25) is 9.59 Å². The summed E-state index contributed by atoms with van der Waals surface area (Å²) in [5, 5.41) is 5.30. The number of rotatable bonds is 7. The Morgan fingerprint density at radius 2 is 1.80 bits per heavy atom. The highest BCUT2D eigenvalue weighted by Gasteiger charge is 2.23. The van der Waals surface area contributed by atoms with Crippen LogP contribution >= 0.6 is 15.9 Å². The lowest BCUT2D eigenvalue weighted by Crippen LogP contribution is -2.44. The van der Waals surface area contributed by atoms with Crippen LogP contribution in [0.5, 0.6) is 0 Å². The average molecular weight is 482 g/mol. The SMILES string of the molecule is CC(C)(C)OC(=O)NCC(=O)NCC1CCN(C(=O)CCc2ccccc2Br)CC1. The van der Waals surface area contributed by atoms with Crippen molar-refractivity contribution < 1.29 is 19.1 Å². The van der Waals surface area contributed by atoms with E-state index in [2.05, 4.69) is 26.6 Å². The highest BCUT2D eigenvalue weighted by molar-refractivity contribution is 9.10. The molecule has 0 unspecified atom stereocenters. The molecule has 1 aromatic carbocycles. The number of hydrogen-bond donors (Lipinski definition) is 2. The van der Waals surface area contributed by atoms with Crippen LogP contribution in [0.4, 0.5) is 4.79 Å². The number of amides is 3. The van der Waals surface area contributed by atoms with Gasteiger partial charge in [0.05, 0.1) is 6.54 Å². The molecule has 1 saturated heterocycles. The van der Waals surface area contributed by atoms with Crippen molar-refractivity contribution in [1.29, 1.82) is 0 Å². The number of likely N-dealkylation sites (tertiary alicyclic amines) is 1. The standard InChI is InChI=1S/C22H32BrN3O4/c1-22(2,3)30-21(29)25-15-19(27)24-14-16-10-12-26(13-11-16)20(28)9-8-17-6-4-5-7-18(17)23/h4-7,16H,8-15H2,1-3H3,(H,24,27)(H,25,29). The number of piperidine rings is 1. The number of hydrogen-bond acceptors (Lipinski definition) is 4. The molecule has 1 aliphatic rings. The first kappa shape index (κ1) is 24.2. The molecule has 0 aliphatic carbocycles. The summed E-state index contributed by atoms with van der Waals surface area (Å²) in [4.78, 5) is 37.9. The summed E-state index contributed by atoms with van der Waals surface area (Å²) in [7, 11) is 0. The smallest absolute Gasteiger partial charge is 0.408 e. The highest BCUT2D eigenvalue weighted by Crippen LogP contribution is 2.20. The lowest BCUT2D eigenvalue weighted by molar-refractivity contribution is -0.132. The van der Waals surface area contributed by atoms with Gasteiger partial charge in [-0.1, -0.05) is 34.1 Å². The molecule has 0 saturated carbocycles. The molecule has 30 heavy (non-hydrogen) atoms. The van der Waals surface area contributed by atoms with Gasteiger partial charge in [0.1, 0.15) is 5.60 Å². The molecule has 1 aromatic rings. The molecule has 7 nitrogen and oxygen atoms in total. The normalized spacial score (nSPS) is 14.9. The zero-order valence-corrected chi connectivity index (χ0v) is 19.6. The first-order valence-corrected chi connectivity index (χ1v) is 11.2. The fourth-order valence-corrected chi connectivity index (χ4v) is 3.76. The molecule has 166 valence electrons. The molecule has 1 fully saturated rings. The van der Waals surface area contributed by atoms with Crippen molar-refractivity contribution in [1.82, 2.24) is 15.5 Å². The monoisotopic (exact) mass is 481 g/mol. The van der Waals surface area contributed by atoms with Crippen LogP contribution in [0, 0.1) is 5.92 Å². The third kappa shape index (κ3) is 8.73. The van der Waals surface area contributed by atoms with Gasteiger partial charge >= 0.3 is 6.09 Å². The van der Waals surface area contributed by atoms with E-state index < -0.39 is 11.7 Å². The summed E-state index contributed by atoms with van der Waals surface area (Å²) in [6.07, 6.45) is 2.34. The highest BCUT2D eigenvalue weighted by atomic mass is 79.9. The molecule has 8 heteroatoms. The van der Waals surface area contributed by atoms with E-state index in [0.717, 1.165) is 29.3 Å². The van der Waals surface area contributed by atoms with Crippen LogP contribution in [-0.2, 0) is 20.7 Å². The van der Waals surface area contributed by atoms with Crippen LogP contribution < -0.4 is 10.6 Å². The summed E-state index contributed by atoms with van der Waals surface area (Å²) in [6.45, 7) is 7.17. The van der Waals surface area contributed by atoms with Crippen LogP contribution in [-0.4, -0.2) is 54.6 Å². The summed E-state index contributed by atoms with van der Waals surface area (Å²) >= 11 is 3.52. The second kappa shape index (κ2) is 11.3. The van der Waals surface area contributed by atoms with Crippen molar-refractivity contribution in [2.24, 2.45) is 5.92 Å². The Kier molecular flexibility index (Phi) is 9.14. The van der Waals surface area contributed by atoms with Crippen LogP contribution in [0.25, 0.3) is 0 Å². The van der Waals surface area contributed by atoms with Gasteiger partial charge in [-0.25, -0.2) is 4.79 Å². The van der Waals surface area contributed by atoms with Gasteiger partial charge in [0.25, 0.3) is 0 Å². The summed E-state index contributed by atoms with van der Waals surface area (Å²) in [5.41, 5.74) is 0.548. The number of carbonyl (C=O) groups excluding carboxylic acids is 3. The van der Waals surface area contributed by atoms with Gasteiger partial charge in [0.2, 0.25) is 11.8 Å². The maximum atomic E-state index is 12.5. The maximum Gasteiger partial charge on any atom is 0.408 e. The lowest BCUT2D eigenvalue weighted by atomic mass is 9.96. The minimum atomic E-state index is -0.605. The van der Waals surface area contributed by atoms with Gasteiger partial charge in [0.15, 0.2) is 0 Å². The van der Waals surface area contributed by atoms with Crippen LogP contribution in [0.2, 0.25) is 0 Å². The molecule has 2 N–H and O–H groups in total. The molecule has 1 aliphatic heterocycles. The number of halogens is 1. The van der Waals surface area contributed by atoms with E-state index in [1.807, 2.05) is 29.2 Å². The van der Waals surface area contributed by atoms with Crippen molar-refractivity contribution in [3.8, 4) is 0 Å². The summed E-state index contributed by atoms with van der Waals surface area (Å²) in [5.74, 6) is 0.269. The number of nitrogens with one attached hydrogen (secondary N) is 2. The number of aryl methyl sites for hydroxylation is 1. The minimum absolute atomic E-state index is 0.110. The quantitative estimate of drug-likeness (QED) is 0.625. The number of carbonyl (C=O) groups is 3. The first-order valence-electron chi connectivity index (χ1n) is 10.4. The number of ether oxygens (including phenoxy) is 1. The summed E-state index contributed by atoms with van der Waals surface area (Å²) in [6, 6.07) is 7.96. The molecular formula is C22H32BrN3O4. The van der Waals surface area contributed by atoms with E-state index in [0.29, 0.717) is 32.0 Å². The van der Waals surface area contributed by atoms with Gasteiger partial charge in [0, 0.05) is 30.5 Å². The van der Waals surface area contributed by atoms with Crippen LogP contribution in [0.15, 0.2) is 28.7 Å². The second-order valence-corrected chi connectivity index (χ2v) is 9.43. The Morgan fingerprint density at radius 1 is 1.13 bits per heavy atom. The van der Waals surface area contributed by atoms with Crippen molar-refractivity contribution in [3.05, 3.63) is 34.3 Å². The van der Waals surface area contributed by atoms with Crippen molar-refractivity contribution >= 4 is 33.8 Å². The topological polar surface area (TPSA) is 87.7 Å². The Labute approximate surface area is 187 Å². The van der Waals surface area contributed by atoms with Crippen molar-refractivity contribution in [2.75, 3.05) is 26.2 Å². The minimum Gasteiger partial charge on any atom is -0.444 e.